The zero-order valence-electron chi connectivity index (χ0n) is 13.8. The number of halogens is 1. The van der Waals surface area contributed by atoms with Gasteiger partial charge in [-0.1, -0.05) is 47.1 Å². The topological polar surface area (TPSA) is 55.1 Å². The predicted molar refractivity (Wildman–Crippen MR) is 102 cm³/mol. The lowest BCUT2D eigenvalue weighted by molar-refractivity contribution is 0.0951. The van der Waals surface area contributed by atoms with Crippen LogP contribution in [0.2, 0.25) is 5.02 Å². The molecule has 0 aliphatic heterocycles. The van der Waals surface area contributed by atoms with Gasteiger partial charge in [-0.15, -0.1) is 0 Å². The van der Waals surface area contributed by atoms with Crippen LogP contribution in [0.15, 0.2) is 77.3 Å². The molecule has 1 N–H and O–H groups in total. The monoisotopic (exact) mass is 362 g/mol. The van der Waals surface area contributed by atoms with Crippen molar-refractivity contribution in [2.75, 3.05) is 0 Å². The van der Waals surface area contributed by atoms with E-state index >= 15 is 0 Å². The molecule has 0 radical (unpaired) electrons. The first kappa shape index (κ1) is 16.4. The molecule has 0 unspecified atom stereocenters. The summed E-state index contributed by atoms with van der Waals surface area (Å²) in [5.74, 6) is 0.480. The van der Waals surface area contributed by atoms with Crippen LogP contribution in [0, 0.1) is 0 Å². The molecule has 3 aromatic carbocycles. The lowest BCUT2D eigenvalue weighted by Gasteiger charge is -2.05. The third-order valence-electron chi connectivity index (χ3n) is 4.14. The molecule has 1 heterocycles. The van der Waals surface area contributed by atoms with Crippen LogP contribution in [0.1, 0.15) is 15.9 Å². The molecule has 4 nitrogen and oxygen atoms in total. The lowest BCUT2D eigenvalue weighted by Crippen LogP contribution is -2.22. The van der Waals surface area contributed by atoms with Crippen molar-refractivity contribution in [2.24, 2.45) is 0 Å². The number of benzene rings is 3. The van der Waals surface area contributed by atoms with Crippen LogP contribution in [-0.2, 0) is 6.54 Å². The fraction of sp³-hybridized carbons (Fsp3) is 0.0476. The normalized spacial score (nSPS) is 10.8. The average molecular weight is 363 g/mol. The van der Waals surface area contributed by atoms with Gasteiger partial charge in [0.05, 0.1) is 5.39 Å². The van der Waals surface area contributed by atoms with Crippen molar-refractivity contribution >= 4 is 28.4 Å². The van der Waals surface area contributed by atoms with Crippen LogP contribution in [0.25, 0.3) is 22.2 Å². The zero-order valence-corrected chi connectivity index (χ0v) is 14.5. The maximum absolute atomic E-state index is 12.5. The quantitative estimate of drug-likeness (QED) is 0.551. The van der Waals surface area contributed by atoms with Gasteiger partial charge < -0.3 is 9.84 Å². The van der Waals surface area contributed by atoms with E-state index in [4.69, 9.17) is 16.1 Å². The van der Waals surface area contributed by atoms with E-state index in [1.165, 1.54) is 0 Å². The highest BCUT2D eigenvalue weighted by atomic mass is 35.5. The van der Waals surface area contributed by atoms with Gasteiger partial charge >= 0.3 is 0 Å². The fourth-order valence-corrected chi connectivity index (χ4v) is 2.90. The molecule has 26 heavy (non-hydrogen) atoms. The first-order chi connectivity index (χ1) is 12.7. The number of aromatic nitrogens is 1. The third kappa shape index (κ3) is 3.32. The van der Waals surface area contributed by atoms with Gasteiger partial charge in [0.2, 0.25) is 0 Å². The summed E-state index contributed by atoms with van der Waals surface area (Å²) >= 11 is 5.94. The molecule has 0 aliphatic rings. The van der Waals surface area contributed by atoms with Crippen LogP contribution in [0.5, 0.6) is 0 Å². The number of nitrogens with one attached hydrogen (secondary N) is 1. The first-order valence-corrected chi connectivity index (χ1v) is 8.56. The molecule has 0 aliphatic carbocycles. The van der Waals surface area contributed by atoms with Gasteiger partial charge in [0.25, 0.3) is 5.91 Å². The molecule has 1 aromatic heterocycles. The molecule has 4 rings (SSSR count). The maximum Gasteiger partial charge on any atom is 0.251 e. The summed E-state index contributed by atoms with van der Waals surface area (Å²) in [5, 5.41) is 8.45. The Kier molecular flexibility index (Phi) is 4.42. The number of carbonyl (C=O) groups excluding carboxylic acids is 1. The molecule has 0 spiro atoms. The van der Waals surface area contributed by atoms with E-state index in [-0.39, 0.29) is 5.91 Å². The average Bonchev–Trinajstić information content (AvgIpc) is 3.11. The van der Waals surface area contributed by atoms with E-state index in [0.29, 0.717) is 28.4 Å². The van der Waals surface area contributed by atoms with Gasteiger partial charge in [-0.05, 0) is 48.0 Å². The minimum atomic E-state index is -0.140. The summed E-state index contributed by atoms with van der Waals surface area (Å²) in [6, 6.07) is 22.4. The Morgan fingerprint density at radius 2 is 1.77 bits per heavy atom. The molecule has 5 heteroatoms. The Balaban J connectivity index is 1.61. The minimum Gasteiger partial charge on any atom is -0.355 e. The second-order valence-electron chi connectivity index (χ2n) is 5.92. The van der Waals surface area contributed by atoms with Crippen LogP contribution in [0.3, 0.4) is 0 Å². The molecule has 128 valence electrons. The zero-order chi connectivity index (χ0) is 17.9. The predicted octanol–water partition coefficient (Wildman–Crippen LogP) is 5.08. The number of nitrogens with zero attached hydrogens (tertiary/aromatic N) is 1. The van der Waals surface area contributed by atoms with Crippen LogP contribution in [-0.4, -0.2) is 11.1 Å². The molecule has 0 saturated heterocycles. The van der Waals surface area contributed by atoms with E-state index in [9.17, 15) is 4.79 Å². The Hall–Kier alpha value is -3.11. The molecular weight excluding hydrogens is 348 g/mol. The summed E-state index contributed by atoms with van der Waals surface area (Å²) in [7, 11) is 0. The fourth-order valence-electron chi connectivity index (χ4n) is 2.77. The standard InChI is InChI=1S/C21H15ClN2O2/c22-17-9-6-15(7-10-17)20-18-12-16(8-11-19(18)24-26-20)21(25)23-13-14-4-2-1-3-5-14/h1-12H,13H2,(H,23,25). The van der Waals surface area contributed by atoms with Gasteiger partial charge in [0.15, 0.2) is 5.76 Å². The van der Waals surface area contributed by atoms with Gasteiger partial charge in [0, 0.05) is 22.7 Å². The maximum atomic E-state index is 12.5. The van der Waals surface area contributed by atoms with Crippen molar-refractivity contribution < 1.29 is 9.32 Å². The molecule has 1 amide bonds. The van der Waals surface area contributed by atoms with Gasteiger partial charge in [-0.25, -0.2) is 0 Å². The highest BCUT2D eigenvalue weighted by molar-refractivity contribution is 6.30. The second-order valence-corrected chi connectivity index (χ2v) is 6.36. The lowest BCUT2D eigenvalue weighted by atomic mass is 10.1. The number of carbonyl (C=O) groups is 1. The van der Waals surface area contributed by atoms with E-state index < -0.39 is 0 Å². The van der Waals surface area contributed by atoms with Crippen molar-refractivity contribution in [3.8, 4) is 11.3 Å². The van der Waals surface area contributed by atoms with Crippen molar-refractivity contribution in [2.45, 2.75) is 6.54 Å². The van der Waals surface area contributed by atoms with Crippen LogP contribution >= 0.6 is 11.6 Å². The van der Waals surface area contributed by atoms with Gasteiger partial charge in [0.1, 0.15) is 5.52 Å². The van der Waals surface area contributed by atoms with E-state index in [2.05, 4.69) is 10.5 Å². The number of hydrogen-bond acceptors (Lipinski definition) is 3. The highest BCUT2D eigenvalue weighted by Gasteiger charge is 2.14. The Bertz CT molecular complexity index is 1060. The first-order valence-electron chi connectivity index (χ1n) is 8.18. The summed E-state index contributed by atoms with van der Waals surface area (Å²) in [6.07, 6.45) is 0. The van der Waals surface area contributed by atoms with Gasteiger partial charge in [-0.3, -0.25) is 4.79 Å². The molecule has 0 bridgehead atoms. The Morgan fingerprint density at radius 3 is 2.54 bits per heavy atom. The van der Waals surface area contributed by atoms with Gasteiger partial charge in [-0.2, -0.15) is 0 Å². The van der Waals surface area contributed by atoms with Crippen molar-refractivity contribution in [1.29, 1.82) is 0 Å². The van der Waals surface area contributed by atoms with Crippen molar-refractivity contribution in [1.82, 2.24) is 10.5 Å². The van der Waals surface area contributed by atoms with Crippen LogP contribution in [0.4, 0.5) is 0 Å². The number of amides is 1. The molecule has 0 atom stereocenters. The molecular formula is C21H15ClN2O2. The van der Waals surface area contributed by atoms with E-state index in [0.717, 1.165) is 16.5 Å². The van der Waals surface area contributed by atoms with E-state index in [1.54, 1.807) is 30.3 Å². The van der Waals surface area contributed by atoms with E-state index in [1.807, 2.05) is 42.5 Å². The minimum absolute atomic E-state index is 0.140. The molecule has 0 saturated carbocycles. The summed E-state index contributed by atoms with van der Waals surface area (Å²) in [4.78, 5) is 12.5. The molecule has 0 fully saturated rings. The number of fused-ring (bicyclic) bond motifs is 1. The highest BCUT2D eigenvalue weighted by Crippen LogP contribution is 2.30. The summed E-state index contributed by atoms with van der Waals surface area (Å²) in [5.41, 5.74) is 3.17. The Morgan fingerprint density at radius 1 is 1.00 bits per heavy atom. The van der Waals surface area contributed by atoms with Crippen molar-refractivity contribution in [3.05, 3.63) is 88.9 Å². The Labute approximate surface area is 155 Å². The summed E-state index contributed by atoms with van der Waals surface area (Å²) < 4.78 is 5.48. The van der Waals surface area contributed by atoms with Crippen molar-refractivity contribution in [3.63, 3.8) is 0 Å². The largest absolute Gasteiger partial charge is 0.355 e. The SMILES string of the molecule is O=C(NCc1ccccc1)c1ccc2noc(-c3ccc(Cl)cc3)c2c1. The molecule has 4 aromatic rings. The number of hydrogen-bond donors (Lipinski definition) is 1. The number of rotatable bonds is 4. The third-order valence-corrected chi connectivity index (χ3v) is 4.39. The second kappa shape index (κ2) is 7.02. The summed E-state index contributed by atoms with van der Waals surface area (Å²) in [6.45, 7) is 0.478. The van der Waals surface area contributed by atoms with Crippen LogP contribution < -0.4 is 5.32 Å². The smallest absolute Gasteiger partial charge is 0.251 e.